The molecule has 0 aromatic carbocycles. The van der Waals surface area contributed by atoms with Gasteiger partial charge in [0, 0.05) is 32.4 Å². The maximum Gasteiger partial charge on any atom is 0.435 e. The Morgan fingerprint density at radius 1 is 1.15 bits per heavy atom. The lowest BCUT2D eigenvalue weighted by atomic mass is 9.93. The summed E-state index contributed by atoms with van der Waals surface area (Å²) in [4.78, 5) is 6.82. The van der Waals surface area contributed by atoms with E-state index in [0.29, 0.717) is 26.1 Å². The van der Waals surface area contributed by atoms with Gasteiger partial charge in [-0.05, 0) is 24.5 Å². The van der Waals surface area contributed by atoms with Gasteiger partial charge in [0.25, 0.3) is 0 Å². The molecule has 7 nitrogen and oxygen atoms in total. The number of rotatable bonds is 4. The van der Waals surface area contributed by atoms with E-state index in [0.717, 1.165) is 6.20 Å². The lowest BCUT2D eigenvalue weighted by molar-refractivity contribution is -0.147. The summed E-state index contributed by atoms with van der Waals surface area (Å²) in [5, 5.41) is 39.2. The molecule has 3 heterocycles. The monoisotopic (exact) mass is 391 g/mol. The summed E-state index contributed by atoms with van der Waals surface area (Å²) in [5.74, 6) is -0.00465. The van der Waals surface area contributed by atoms with Crippen LogP contribution in [0.3, 0.4) is 0 Å². The normalized spacial score (nSPS) is 32.9. The number of pyridine rings is 1. The van der Waals surface area contributed by atoms with Gasteiger partial charge in [0.1, 0.15) is 12.2 Å². The van der Waals surface area contributed by atoms with Crippen molar-refractivity contribution < 1.29 is 33.6 Å². The van der Waals surface area contributed by atoms with Crippen LogP contribution in [0.25, 0.3) is 0 Å². The first kappa shape index (κ1) is 20.3. The molecule has 5 atom stereocenters. The zero-order valence-electron chi connectivity index (χ0n) is 14.6. The Bertz CT molecular complexity index is 648. The average Bonchev–Trinajstić information content (AvgIpc) is 3.08. The van der Waals surface area contributed by atoms with Gasteiger partial charge < -0.3 is 25.3 Å². The van der Waals surface area contributed by atoms with Crippen LogP contribution in [-0.4, -0.2) is 87.4 Å². The van der Waals surface area contributed by atoms with E-state index < -0.39 is 36.2 Å². The molecule has 2 aliphatic heterocycles. The molecule has 0 bridgehead atoms. The maximum absolute atomic E-state index is 13.2. The highest BCUT2D eigenvalue weighted by atomic mass is 19.4. The van der Waals surface area contributed by atoms with E-state index in [9.17, 15) is 33.6 Å². The van der Waals surface area contributed by atoms with Crippen LogP contribution in [0.1, 0.15) is 12.1 Å². The van der Waals surface area contributed by atoms with Crippen molar-refractivity contribution in [1.82, 2.24) is 9.88 Å². The van der Waals surface area contributed by atoms with Crippen molar-refractivity contribution in [3.05, 3.63) is 24.0 Å². The second-order valence-electron chi connectivity index (χ2n) is 7.22. The van der Waals surface area contributed by atoms with Gasteiger partial charge in [-0.25, -0.2) is 4.98 Å². The third kappa shape index (κ3) is 4.19. The minimum absolute atomic E-state index is 0.00465. The molecule has 4 N–H and O–H groups in total. The first-order valence-electron chi connectivity index (χ1n) is 8.88. The minimum Gasteiger partial charge on any atom is -0.395 e. The highest BCUT2D eigenvalue weighted by molar-refractivity contribution is 5.52. The van der Waals surface area contributed by atoms with Crippen molar-refractivity contribution in [2.75, 3.05) is 37.7 Å². The van der Waals surface area contributed by atoms with E-state index in [-0.39, 0.29) is 24.8 Å². The van der Waals surface area contributed by atoms with Crippen molar-refractivity contribution in [3.63, 3.8) is 0 Å². The highest BCUT2D eigenvalue weighted by Gasteiger charge is 2.43. The number of halogens is 3. The van der Waals surface area contributed by atoms with Crippen molar-refractivity contribution >= 4 is 5.69 Å². The summed E-state index contributed by atoms with van der Waals surface area (Å²) in [6, 6.07) is 2.15. The van der Waals surface area contributed by atoms with Crippen LogP contribution < -0.4 is 4.90 Å². The lowest BCUT2D eigenvalue weighted by Gasteiger charge is -2.44. The fraction of sp³-hybridized carbons (Fsp3) is 0.706. The molecule has 0 saturated carbocycles. The van der Waals surface area contributed by atoms with Crippen molar-refractivity contribution in [3.8, 4) is 0 Å². The van der Waals surface area contributed by atoms with Gasteiger partial charge in [-0.15, -0.1) is 0 Å². The topological polar surface area (TPSA) is 100 Å². The predicted octanol–water partition coefficient (Wildman–Crippen LogP) is -0.314. The average molecular weight is 391 g/mol. The van der Waals surface area contributed by atoms with E-state index >= 15 is 0 Å². The summed E-state index contributed by atoms with van der Waals surface area (Å²) in [5.41, 5.74) is -0.869. The molecule has 1 aromatic rings. The first-order valence-corrected chi connectivity index (χ1v) is 8.88. The van der Waals surface area contributed by atoms with Gasteiger partial charge in [-0.2, -0.15) is 13.2 Å². The van der Waals surface area contributed by atoms with Gasteiger partial charge in [0.2, 0.25) is 0 Å². The Kier molecular flexibility index (Phi) is 5.92. The number of hydrogen-bond acceptors (Lipinski definition) is 7. The summed E-state index contributed by atoms with van der Waals surface area (Å²) in [6.45, 7) is 0.899. The Labute approximate surface area is 154 Å². The Morgan fingerprint density at radius 3 is 2.56 bits per heavy atom. The fourth-order valence-corrected chi connectivity index (χ4v) is 3.99. The Morgan fingerprint density at radius 2 is 1.89 bits per heavy atom. The fourth-order valence-electron chi connectivity index (χ4n) is 3.99. The summed E-state index contributed by atoms with van der Waals surface area (Å²) < 4.78 is 39.6. The lowest BCUT2D eigenvalue weighted by Crippen LogP contribution is -2.63. The summed E-state index contributed by atoms with van der Waals surface area (Å²) in [7, 11) is 0. The van der Waals surface area contributed by atoms with Crippen LogP contribution in [0.4, 0.5) is 18.9 Å². The van der Waals surface area contributed by atoms with Gasteiger partial charge in [0.05, 0.1) is 24.4 Å². The standard InChI is InChI=1S/C17H24F3N3O4/c18-17(19,20)16-11(2-1-4-21-16)22-5-3-10(6-22)7-23-8-13(25)15(27)14(26)12(23)9-24/h1-2,4,10,12-15,24-27H,3,5-9H2/t10-,12+,13-,14+,15+/m0/s1. The number of likely N-dealkylation sites (tertiary alicyclic amines) is 1. The molecule has 3 rings (SSSR count). The quantitative estimate of drug-likeness (QED) is 0.559. The minimum atomic E-state index is -4.53. The SMILES string of the molecule is OC[C@@H]1[C@@H](O)[C@H](O)[C@@H](O)CN1C[C@H]1CCN(c2cccnc2C(F)(F)F)C1. The largest absolute Gasteiger partial charge is 0.435 e. The molecule has 0 radical (unpaired) electrons. The number of hydrogen-bond donors (Lipinski definition) is 4. The van der Waals surface area contributed by atoms with Crippen molar-refractivity contribution in [2.24, 2.45) is 5.92 Å². The zero-order chi connectivity index (χ0) is 19.8. The number of alkyl halides is 3. The number of β-amino-alcohol motifs (C(OH)–C–C–N with tert-alkyl or cyclic N) is 1. The van der Waals surface area contributed by atoms with Crippen LogP contribution >= 0.6 is 0 Å². The molecular formula is C17H24F3N3O4. The first-order chi connectivity index (χ1) is 12.7. The zero-order valence-corrected chi connectivity index (χ0v) is 14.6. The van der Waals surface area contributed by atoms with E-state index in [4.69, 9.17) is 0 Å². The smallest absolute Gasteiger partial charge is 0.395 e. The number of aliphatic hydroxyl groups excluding tert-OH is 4. The van der Waals surface area contributed by atoms with E-state index in [1.807, 2.05) is 0 Å². The number of piperidine rings is 1. The molecule has 10 heteroatoms. The van der Waals surface area contributed by atoms with Crippen molar-refractivity contribution in [2.45, 2.75) is 37.0 Å². The molecule has 2 saturated heterocycles. The molecule has 152 valence electrons. The van der Waals surface area contributed by atoms with Crippen LogP contribution in [0, 0.1) is 5.92 Å². The molecule has 1 aromatic heterocycles. The highest BCUT2D eigenvalue weighted by Crippen LogP contribution is 2.37. The van der Waals surface area contributed by atoms with Crippen LogP contribution in [0.5, 0.6) is 0 Å². The van der Waals surface area contributed by atoms with E-state index in [1.54, 1.807) is 9.80 Å². The third-order valence-corrected chi connectivity index (χ3v) is 5.39. The van der Waals surface area contributed by atoms with Crippen LogP contribution in [-0.2, 0) is 6.18 Å². The second kappa shape index (κ2) is 7.88. The Balaban J connectivity index is 1.69. The third-order valence-electron chi connectivity index (χ3n) is 5.39. The summed E-state index contributed by atoms with van der Waals surface area (Å²) in [6.07, 6.45) is -6.54. The van der Waals surface area contributed by atoms with Crippen molar-refractivity contribution in [1.29, 1.82) is 0 Å². The van der Waals surface area contributed by atoms with E-state index in [2.05, 4.69) is 4.98 Å². The van der Waals surface area contributed by atoms with Gasteiger partial charge in [-0.3, -0.25) is 4.90 Å². The number of aliphatic hydroxyl groups is 4. The number of nitrogens with zero attached hydrogens (tertiary/aromatic N) is 3. The molecular weight excluding hydrogens is 367 g/mol. The molecule has 0 aliphatic carbocycles. The molecule has 2 aliphatic rings. The number of aromatic nitrogens is 1. The van der Waals surface area contributed by atoms with Gasteiger partial charge in [0.15, 0.2) is 5.69 Å². The molecule has 0 amide bonds. The Hall–Kier alpha value is -1.46. The van der Waals surface area contributed by atoms with Crippen LogP contribution in [0.15, 0.2) is 18.3 Å². The van der Waals surface area contributed by atoms with Gasteiger partial charge in [-0.1, -0.05) is 0 Å². The van der Waals surface area contributed by atoms with Gasteiger partial charge >= 0.3 is 6.18 Å². The second-order valence-corrected chi connectivity index (χ2v) is 7.22. The predicted molar refractivity (Wildman–Crippen MR) is 90.0 cm³/mol. The molecule has 27 heavy (non-hydrogen) atoms. The van der Waals surface area contributed by atoms with E-state index in [1.165, 1.54) is 12.1 Å². The molecule has 0 unspecified atom stereocenters. The van der Waals surface area contributed by atoms with Crippen LogP contribution in [0.2, 0.25) is 0 Å². The molecule has 0 spiro atoms. The summed E-state index contributed by atoms with van der Waals surface area (Å²) >= 11 is 0. The number of anilines is 1. The molecule has 2 fully saturated rings. The maximum atomic E-state index is 13.2.